The normalized spacial score (nSPS) is 11.8. The van der Waals surface area contributed by atoms with E-state index in [0.717, 1.165) is 5.56 Å². The lowest BCUT2D eigenvalue weighted by atomic mass is 10.2. The summed E-state index contributed by atoms with van der Waals surface area (Å²) in [6, 6.07) is 15.8. The standard InChI is InChI=1S/C22H19N5O5S/c1-14(21(29)23-16-6-8-17(9-7-16)27(30)31)33-22-25-24-20(15-4-10-18(28)11-5-15)26(22)13-19-3-2-12-32-19/h2-12,14,28H,13H2,1H3,(H,23,29)/t14-/m1/s1. The molecule has 0 fully saturated rings. The number of rotatable bonds is 8. The molecule has 0 aliphatic carbocycles. The van der Waals surface area contributed by atoms with E-state index in [1.165, 1.54) is 36.0 Å². The molecule has 0 saturated carbocycles. The summed E-state index contributed by atoms with van der Waals surface area (Å²) in [4.78, 5) is 23.0. The molecule has 0 radical (unpaired) electrons. The number of aromatic hydroxyl groups is 1. The Kier molecular flexibility index (Phi) is 6.41. The molecule has 0 aliphatic rings. The lowest BCUT2D eigenvalue weighted by Crippen LogP contribution is -2.23. The van der Waals surface area contributed by atoms with Gasteiger partial charge >= 0.3 is 0 Å². The first-order valence-corrected chi connectivity index (χ1v) is 10.8. The molecule has 2 N–H and O–H groups in total. The second kappa shape index (κ2) is 9.57. The van der Waals surface area contributed by atoms with Crippen LogP contribution in [0.2, 0.25) is 0 Å². The van der Waals surface area contributed by atoms with E-state index in [2.05, 4.69) is 15.5 Å². The number of nitrogens with one attached hydrogen (secondary N) is 1. The number of hydrogen-bond donors (Lipinski definition) is 2. The molecule has 168 valence electrons. The van der Waals surface area contributed by atoms with Gasteiger partial charge in [0, 0.05) is 23.4 Å². The molecular formula is C22H19N5O5S. The molecular weight excluding hydrogens is 446 g/mol. The predicted octanol–water partition coefficient (Wildman–Crippen LogP) is 4.32. The van der Waals surface area contributed by atoms with E-state index < -0.39 is 10.2 Å². The van der Waals surface area contributed by atoms with Gasteiger partial charge in [-0.05, 0) is 55.5 Å². The minimum atomic E-state index is -0.535. The molecule has 0 aliphatic heterocycles. The maximum atomic E-state index is 12.7. The first-order chi connectivity index (χ1) is 15.9. The van der Waals surface area contributed by atoms with Gasteiger partial charge in [0.2, 0.25) is 5.91 Å². The van der Waals surface area contributed by atoms with Gasteiger partial charge in [0.15, 0.2) is 11.0 Å². The summed E-state index contributed by atoms with van der Waals surface area (Å²) in [5, 5.41) is 31.7. The molecule has 2 aromatic heterocycles. The lowest BCUT2D eigenvalue weighted by molar-refractivity contribution is -0.384. The zero-order valence-corrected chi connectivity index (χ0v) is 18.2. The van der Waals surface area contributed by atoms with Crippen LogP contribution in [-0.2, 0) is 11.3 Å². The smallest absolute Gasteiger partial charge is 0.269 e. The number of benzene rings is 2. The van der Waals surface area contributed by atoms with Crippen LogP contribution >= 0.6 is 11.8 Å². The van der Waals surface area contributed by atoms with Crippen molar-refractivity contribution < 1.29 is 19.2 Å². The highest BCUT2D eigenvalue weighted by atomic mass is 32.2. The van der Waals surface area contributed by atoms with Crippen molar-refractivity contribution in [3.8, 4) is 17.1 Å². The van der Waals surface area contributed by atoms with Gasteiger partial charge < -0.3 is 14.8 Å². The zero-order valence-electron chi connectivity index (χ0n) is 17.4. The van der Waals surface area contributed by atoms with Crippen LogP contribution in [0.15, 0.2) is 76.5 Å². The molecule has 0 saturated heterocycles. The number of nitro benzene ring substituents is 1. The monoisotopic (exact) mass is 465 g/mol. The van der Waals surface area contributed by atoms with E-state index in [9.17, 15) is 20.0 Å². The second-order valence-electron chi connectivity index (χ2n) is 7.07. The Morgan fingerprint density at radius 3 is 2.55 bits per heavy atom. The highest BCUT2D eigenvalue weighted by Crippen LogP contribution is 2.29. The Bertz CT molecular complexity index is 1250. The average molecular weight is 465 g/mol. The largest absolute Gasteiger partial charge is 0.508 e. The van der Waals surface area contributed by atoms with Gasteiger partial charge in [0.05, 0.1) is 23.0 Å². The number of phenols is 1. The van der Waals surface area contributed by atoms with Crippen LogP contribution in [0.1, 0.15) is 12.7 Å². The van der Waals surface area contributed by atoms with E-state index in [4.69, 9.17) is 4.42 Å². The van der Waals surface area contributed by atoms with Crippen LogP contribution < -0.4 is 5.32 Å². The van der Waals surface area contributed by atoms with Gasteiger partial charge in [0.25, 0.3) is 5.69 Å². The van der Waals surface area contributed by atoms with Gasteiger partial charge in [0.1, 0.15) is 11.5 Å². The number of aromatic nitrogens is 3. The summed E-state index contributed by atoms with van der Waals surface area (Å²) >= 11 is 1.22. The Morgan fingerprint density at radius 2 is 1.91 bits per heavy atom. The summed E-state index contributed by atoms with van der Waals surface area (Å²) in [7, 11) is 0. The molecule has 0 unspecified atom stereocenters. The Morgan fingerprint density at radius 1 is 1.18 bits per heavy atom. The van der Waals surface area contributed by atoms with Crippen LogP contribution in [0, 0.1) is 10.1 Å². The van der Waals surface area contributed by atoms with Gasteiger partial charge in [-0.25, -0.2) is 0 Å². The summed E-state index contributed by atoms with van der Waals surface area (Å²) in [5.41, 5.74) is 1.16. The molecule has 33 heavy (non-hydrogen) atoms. The SMILES string of the molecule is C[C@@H](Sc1nnc(-c2ccc(O)cc2)n1Cc1ccco1)C(=O)Nc1ccc([N+](=O)[O-])cc1. The van der Waals surface area contributed by atoms with Gasteiger partial charge in [-0.1, -0.05) is 11.8 Å². The van der Waals surface area contributed by atoms with Crippen LogP contribution in [0.5, 0.6) is 5.75 Å². The number of nitro groups is 1. The van der Waals surface area contributed by atoms with E-state index in [0.29, 0.717) is 29.0 Å². The summed E-state index contributed by atoms with van der Waals surface area (Å²) in [6.45, 7) is 2.09. The van der Waals surface area contributed by atoms with Gasteiger partial charge in [-0.3, -0.25) is 19.5 Å². The number of hydrogen-bond acceptors (Lipinski definition) is 8. The van der Waals surface area contributed by atoms with Crippen molar-refractivity contribution >= 4 is 29.0 Å². The first kappa shape index (κ1) is 22.1. The van der Waals surface area contributed by atoms with Crippen molar-refractivity contribution in [1.29, 1.82) is 0 Å². The Labute approximate surface area is 192 Å². The molecule has 0 spiro atoms. The third kappa shape index (κ3) is 5.21. The summed E-state index contributed by atoms with van der Waals surface area (Å²) < 4.78 is 7.32. The zero-order chi connectivity index (χ0) is 23.4. The minimum Gasteiger partial charge on any atom is -0.508 e. The second-order valence-corrected chi connectivity index (χ2v) is 8.38. The molecule has 10 nitrogen and oxygen atoms in total. The summed E-state index contributed by atoms with van der Waals surface area (Å²) in [6.07, 6.45) is 1.58. The van der Waals surface area contributed by atoms with Crippen molar-refractivity contribution in [3.63, 3.8) is 0 Å². The number of phenolic OH excluding ortho intramolecular Hbond substituents is 1. The molecule has 0 bridgehead atoms. The summed E-state index contributed by atoms with van der Waals surface area (Å²) in [5.74, 6) is 1.12. The molecule has 1 amide bonds. The number of thioether (sulfide) groups is 1. The number of anilines is 1. The fourth-order valence-electron chi connectivity index (χ4n) is 3.02. The fraction of sp³-hybridized carbons (Fsp3) is 0.136. The Balaban J connectivity index is 1.54. The lowest BCUT2D eigenvalue weighted by Gasteiger charge is -2.13. The third-order valence-corrected chi connectivity index (χ3v) is 5.81. The van der Waals surface area contributed by atoms with Crippen LogP contribution in [0.4, 0.5) is 11.4 Å². The molecule has 11 heteroatoms. The molecule has 4 aromatic rings. The Hall–Kier alpha value is -4.12. The van der Waals surface area contributed by atoms with Crippen molar-refractivity contribution in [2.24, 2.45) is 0 Å². The van der Waals surface area contributed by atoms with Crippen molar-refractivity contribution in [2.45, 2.75) is 23.9 Å². The average Bonchev–Trinajstić information content (AvgIpc) is 3.45. The van der Waals surface area contributed by atoms with Crippen molar-refractivity contribution in [2.75, 3.05) is 5.32 Å². The number of carbonyl (C=O) groups excluding carboxylic acids is 1. The number of nitrogens with zero attached hydrogens (tertiary/aromatic N) is 4. The molecule has 2 aromatic carbocycles. The van der Waals surface area contributed by atoms with Crippen molar-refractivity contribution in [1.82, 2.24) is 14.8 Å². The maximum Gasteiger partial charge on any atom is 0.269 e. The number of carbonyl (C=O) groups is 1. The van der Waals surface area contributed by atoms with E-state index >= 15 is 0 Å². The minimum absolute atomic E-state index is 0.0526. The first-order valence-electron chi connectivity index (χ1n) is 9.87. The highest BCUT2D eigenvalue weighted by Gasteiger charge is 2.22. The molecule has 2 heterocycles. The molecule has 1 atom stereocenters. The van der Waals surface area contributed by atoms with Gasteiger partial charge in [-0.15, -0.1) is 10.2 Å². The van der Waals surface area contributed by atoms with E-state index in [1.807, 2.05) is 10.6 Å². The number of non-ortho nitro benzene ring substituents is 1. The van der Waals surface area contributed by atoms with E-state index in [1.54, 1.807) is 43.5 Å². The third-order valence-electron chi connectivity index (χ3n) is 4.73. The topological polar surface area (TPSA) is 136 Å². The van der Waals surface area contributed by atoms with Crippen molar-refractivity contribution in [3.05, 3.63) is 82.8 Å². The quantitative estimate of drug-likeness (QED) is 0.223. The van der Waals surface area contributed by atoms with E-state index in [-0.39, 0.29) is 17.3 Å². The van der Waals surface area contributed by atoms with Crippen LogP contribution in [0.25, 0.3) is 11.4 Å². The predicted molar refractivity (Wildman–Crippen MR) is 122 cm³/mol. The number of furan rings is 1. The van der Waals surface area contributed by atoms with Crippen LogP contribution in [-0.4, -0.2) is 36.0 Å². The molecule has 4 rings (SSSR count). The fourth-order valence-corrected chi connectivity index (χ4v) is 3.87. The van der Waals surface area contributed by atoms with Crippen LogP contribution in [0.3, 0.4) is 0 Å². The highest BCUT2D eigenvalue weighted by molar-refractivity contribution is 8.00. The number of amides is 1. The van der Waals surface area contributed by atoms with Gasteiger partial charge in [-0.2, -0.15) is 0 Å². The maximum absolute atomic E-state index is 12.7.